The number of aromatic nitrogens is 5. The third-order valence-corrected chi connectivity index (χ3v) is 2.38. The van der Waals surface area contributed by atoms with Crippen LogP contribution in [0.5, 0.6) is 0 Å². The van der Waals surface area contributed by atoms with Gasteiger partial charge in [0.2, 0.25) is 17.8 Å². The fourth-order valence-corrected chi connectivity index (χ4v) is 1.53. The summed E-state index contributed by atoms with van der Waals surface area (Å²) in [5.74, 6) is 1.71. The van der Waals surface area contributed by atoms with Gasteiger partial charge >= 0.3 is 0 Å². The second kappa shape index (κ2) is 4.77. The molecule has 3 heterocycles. The summed E-state index contributed by atoms with van der Waals surface area (Å²) in [7, 11) is 0. The lowest BCUT2D eigenvalue weighted by molar-refractivity contribution is 0.517. The zero-order chi connectivity index (χ0) is 13.1. The first-order valence-corrected chi connectivity index (χ1v) is 5.57. The number of nitrogens with two attached hydrogens (primary N) is 1. The second-order valence-corrected chi connectivity index (χ2v) is 3.72. The topological polar surface area (TPSA) is 108 Å². The summed E-state index contributed by atoms with van der Waals surface area (Å²) in [5.41, 5.74) is 5.66. The van der Waals surface area contributed by atoms with Crippen LogP contribution in [0, 0.1) is 0 Å². The van der Waals surface area contributed by atoms with E-state index in [1.54, 1.807) is 29.6 Å². The minimum atomic E-state index is 0.139. The van der Waals surface area contributed by atoms with Crippen molar-refractivity contribution in [3.63, 3.8) is 0 Å². The average Bonchev–Trinajstić information content (AvgIpc) is 3.09. The van der Waals surface area contributed by atoms with Crippen LogP contribution in [0.3, 0.4) is 0 Å². The molecule has 0 unspecified atom stereocenters. The fraction of sp³-hybridized carbons (Fsp3) is 0.0909. The van der Waals surface area contributed by atoms with Gasteiger partial charge < -0.3 is 15.5 Å². The molecule has 3 aromatic heterocycles. The van der Waals surface area contributed by atoms with Gasteiger partial charge in [-0.05, 0) is 12.1 Å². The van der Waals surface area contributed by atoms with Gasteiger partial charge in [0.05, 0.1) is 12.8 Å². The van der Waals surface area contributed by atoms with Crippen molar-refractivity contribution < 1.29 is 4.42 Å². The number of furan rings is 1. The molecule has 0 radical (unpaired) electrons. The van der Waals surface area contributed by atoms with Crippen LogP contribution in [-0.2, 0) is 6.54 Å². The van der Waals surface area contributed by atoms with E-state index in [1.165, 1.54) is 0 Å². The predicted molar refractivity (Wildman–Crippen MR) is 67.4 cm³/mol. The van der Waals surface area contributed by atoms with Crippen LogP contribution < -0.4 is 11.1 Å². The monoisotopic (exact) mass is 257 g/mol. The van der Waals surface area contributed by atoms with E-state index in [0.717, 1.165) is 5.76 Å². The van der Waals surface area contributed by atoms with Gasteiger partial charge in [-0.1, -0.05) is 0 Å². The van der Waals surface area contributed by atoms with Crippen LogP contribution in [0.25, 0.3) is 5.95 Å². The number of nitrogen functional groups attached to an aromatic ring is 1. The zero-order valence-corrected chi connectivity index (χ0v) is 9.89. The Bertz CT molecular complexity index is 648. The second-order valence-electron chi connectivity index (χ2n) is 3.72. The first-order chi connectivity index (χ1) is 9.31. The molecule has 96 valence electrons. The van der Waals surface area contributed by atoms with E-state index in [2.05, 4.69) is 25.3 Å². The minimum Gasteiger partial charge on any atom is -0.467 e. The van der Waals surface area contributed by atoms with Crippen LogP contribution in [0.4, 0.5) is 11.9 Å². The molecule has 0 spiro atoms. The van der Waals surface area contributed by atoms with E-state index in [4.69, 9.17) is 10.2 Å². The minimum absolute atomic E-state index is 0.139. The van der Waals surface area contributed by atoms with Gasteiger partial charge in [0.25, 0.3) is 0 Å². The Hall–Kier alpha value is -2.90. The smallest absolute Gasteiger partial charge is 0.241 e. The van der Waals surface area contributed by atoms with Crippen LogP contribution in [0.1, 0.15) is 5.76 Å². The summed E-state index contributed by atoms with van der Waals surface area (Å²) in [6.07, 6.45) is 6.56. The van der Waals surface area contributed by atoms with E-state index in [9.17, 15) is 0 Å². The molecule has 0 atom stereocenters. The van der Waals surface area contributed by atoms with Crippen molar-refractivity contribution in [2.75, 3.05) is 11.1 Å². The third-order valence-electron chi connectivity index (χ3n) is 2.38. The lowest BCUT2D eigenvalue weighted by Gasteiger charge is -2.06. The summed E-state index contributed by atoms with van der Waals surface area (Å²) in [4.78, 5) is 16.2. The quantitative estimate of drug-likeness (QED) is 0.713. The van der Waals surface area contributed by atoms with Gasteiger partial charge in [-0.3, -0.25) is 4.57 Å². The molecule has 0 aliphatic rings. The van der Waals surface area contributed by atoms with Gasteiger partial charge in [-0.25, -0.2) is 4.98 Å². The maximum absolute atomic E-state index is 5.66. The molecule has 19 heavy (non-hydrogen) atoms. The number of nitrogens with zero attached hydrogens (tertiary/aromatic N) is 5. The van der Waals surface area contributed by atoms with Gasteiger partial charge in [0.1, 0.15) is 12.1 Å². The van der Waals surface area contributed by atoms with Gasteiger partial charge in [-0.15, -0.1) is 0 Å². The van der Waals surface area contributed by atoms with Crippen molar-refractivity contribution in [3.8, 4) is 5.95 Å². The lowest BCUT2D eigenvalue weighted by Crippen LogP contribution is -2.10. The molecule has 0 aliphatic heterocycles. The summed E-state index contributed by atoms with van der Waals surface area (Å²) >= 11 is 0. The molecule has 3 N–H and O–H groups in total. The van der Waals surface area contributed by atoms with Crippen LogP contribution in [-0.4, -0.2) is 24.5 Å². The van der Waals surface area contributed by atoms with Crippen molar-refractivity contribution in [1.82, 2.24) is 24.5 Å². The Morgan fingerprint density at radius 3 is 3.00 bits per heavy atom. The van der Waals surface area contributed by atoms with Crippen molar-refractivity contribution >= 4 is 11.9 Å². The summed E-state index contributed by atoms with van der Waals surface area (Å²) in [5, 5.41) is 3.02. The van der Waals surface area contributed by atoms with Crippen LogP contribution in [0.2, 0.25) is 0 Å². The maximum atomic E-state index is 5.66. The molecule has 0 bridgehead atoms. The standard InChI is InChI=1S/C11H11N7O/c12-9-15-10(14-6-8-2-1-5-19-8)17-11(16-9)18-4-3-13-7-18/h1-5,7H,6H2,(H3,12,14,15,16,17). The number of imidazole rings is 1. The largest absolute Gasteiger partial charge is 0.467 e. The SMILES string of the molecule is Nc1nc(NCc2ccco2)nc(-n2ccnc2)n1. The third kappa shape index (κ3) is 2.51. The van der Waals surface area contributed by atoms with Crippen molar-refractivity contribution in [3.05, 3.63) is 42.9 Å². The highest BCUT2D eigenvalue weighted by Crippen LogP contribution is 2.08. The predicted octanol–water partition coefficient (Wildman–Crippen LogP) is 0.845. The molecule has 0 saturated heterocycles. The molecule has 0 aromatic carbocycles. The maximum Gasteiger partial charge on any atom is 0.241 e. The molecule has 0 amide bonds. The Labute approximate surface area is 108 Å². The van der Waals surface area contributed by atoms with Crippen molar-refractivity contribution in [2.45, 2.75) is 6.54 Å². The molecular weight excluding hydrogens is 246 g/mol. The number of anilines is 2. The van der Waals surface area contributed by atoms with E-state index in [-0.39, 0.29) is 5.95 Å². The highest BCUT2D eigenvalue weighted by Gasteiger charge is 2.06. The number of hydrogen-bond donors (Lipinski definition) is 2. The Balaban J connectivity index is 1.82. The summed E-state index contributed by atoms with van der Waals surface area (Å²) in [6.45, 7) is 0.472. The van der Waals surface area contributed by atoms with E-state index < -0.39 is 0 Å². The van der Waals surface area contributed by atoms with E-state index in [0.29, 0.717) is 18.4 Å². The van der Waals surface area contributed by atoms with Crippen molar-refractivity contribution in [2.24, 2.45) is 0 Å². The van der Waals surface area contributed by atoms with Crippen LogP contribution in [0.15, 0.2) is 41.5 Å². The molecule has 0 saturated carbocycles. The normalized spacial score (nSPS) is 10.5. The van der Waals surface area contributed by atoms with Gasteiger partial charge in [0.15, 0.2) is 0 Å². The zero-order valence-electron chi connectivity index (χ0n) is 9.89. The van der Waals surface area contributed by atoms with Crippen molar-refractivity contribution in [1.29, 1.82) is 0 Å². The molecule has 3 rings (SSSR count). The van der Waals surface area contributed by atoms with Gasteiger partial charge in [0, 0.05) is 12.4 Å². The highest BCUT2D eigenvalue weighted by molar-refractivity contribution is 5.35. The Kier molecular flexibility index (Phi) is 2.81. The van der Waals surface area contributed by atoms with Crippen LogP contribution >= 0.6 is 0 Å². The Morgan fingerprint density at radius 2 is 2.26 bits per heavy atom. The first-order valence-electron chi connectivity index (χ1n) is 5.57. The molecule has 8 heteroatoms. The molecule has 0 fully saturated rings. The molecule has 0 aliphatic carbocycles. The van der Waals surface area contributed by atoms with E-state index >= 15 is 0 Å². The number of hydrogen-bond acceptors (Lipinski definition) is 7. The van der Waals surface area contributed by atoms with E-state index in [1.807, 2.05) is 12.1 Å². The first kappa shape index (κ1) is 11.2. The highest BCUT2D eigenvalue weighted by atomic mass is 16.3. The average molecular weight is 257 g/mol. The molecule has 8 nitrogen and oxygen atoms in total. The Morgan fingerprint density at radius 1 is 1.32 bits per heavy atom. The summed E-state index contributed by atoms with van der Waals surface area (Å²) < 4.78 is 6.86. The number of rotatable bonds is 4. The lowest BCUT2D eigenvalue weighted by atomic mass is 10.4. The molecule has 3 aromatic rings. The molecular formula is C11H11N7O. The fourth-order valence-electron chi connectivity index (χ4n) is 1.53. The van der Waals surface area contributed by atoms with Gasteiger partial charge in [-0.2, -0.15) is 15.0 Å². The number of nitrogens with one attached hydrogen (secondary N) is 1. The summed E-state index contributed by atoms with van der Waals surface area (Å²) in [6, 6.07) is 3.67.